The lowest BCUT2D eigenvalue weighted by Crippen LogP contribution is -2.51. The van der Waals surface area contributed by atoms with Gasteiger partial charge in [0.25, 0.3) is 0 Å². The highest BCUT2D eigenvalue weighted by Gasteiger charge is 2.49. The maximum Gasteiger partial charge on any atom is 0.224 e. The fourth-order valence-electron chi connectivity index (χ4n) is 2.78. The quantitative estimate of drug-likeness (QED) is 0.726. The first kappa shape index (κ1) is 13.5. The second-order valence-corrected chi connectivity index (χ2v) is 5.08. The van der Waals surface area contributed by atoms with E-state index < -0.39 is 0 Å². The number of nitrogens with two attached hydrogens (primary N) is 1. The maximum atomic E-state index is 11.7. The van der Waals surface area contributed by atoms with Crippen molar-refractivity contribution >= 4 is 5.91 Å². The number of carbonyl (C=O) groups is 1. The van der Waals surface area contributed by atoms with E-state index in [9.17, 15) is 4.79 Å². The molecule has 1 unspecified atom stereocenters. The Labute approximate surface area is 88.3 Å². The van der Waals surface area contributed by atoms with Crippen molar-refractivity contribution in [2.45, 2.75) is 54.4 Å². The summed E-state index contributed by atoms with van der Waals surface area (Å²) < 4.78 is 0. The SMILES string of the molecule is CCC(C)(C)C(CC)(C(N)=O)C(C)C. The van der Waals surface area contributed by atoms with E-state index >= 15 is 0 Å². The molecule has 0 fully saturated rings. The number of hydrogen-bond acceptors (Lipinski definition) is 1. The molecule has 0 aromatic heterocycles. The van der Waals surface area contributed by atoms with Gasteiger partial charge in [-0.2, -0.15) is 0 Å². The van der Waals surface area contributed by atoms with Crippen LogP contribution in [0.5, 0.6) is 0 Å². The molecular weight excluding hydrogens is 174 g/mol. The molecule has 0 bridgehead atoms. The summed E-state index contributed by atoms with van der Waals surface area (Å²) >= 11 is 0. The van der Waals surface area contributed by atoms with Gasteiger partial charge in [0, 0.05) is 0 Å². The van der Waals surface area contributed by atoms with Gasteiger partial charge < -0.3 is 5.73 Å². The van der Waals surface area contributed by atoms with Crippen LogP contribution in [0.15, 0.2) is 0 Å². The molecule has 2 nitrogen and oxygen atoms in total. The summed E-state index contributed by atoms with van der Waals surface area (Å²) in [5.41, 5.74) is 5.21. The molecule has 14 heavy (non-hydrogen) atoms. The van der Waals surface area contributed by atoms with E-state index in [2.05, 4.69) is 41.5 Å². The van der Waals surface area contributed by atoms with Gasteiger partial charge in [-0.25, -0.2) is 0 Å². The highest BCUT2D eigenvalue weighted by molar-refractivity contribution is 5.82. The maximum absolute atomic E-state index is 11.7. The molecule has 0 rings (SSSR count). The van der Waals surface area contributed by atoms with Crippen molar-refractivity contribution in [1.82, 2.24) is 0 Å². The zero-order valence-electron chi connectivity index (χ0n) is 10.5. The van der Waals surface area contributed by atoms with Crippen molar-refractivity contribution < 1.29 is 4.79 Å². The summed E-state index contributed by atoms with van der Waals surface area (Å²) in [6.07, 6.45) is 1.79. The monoisotopic (exact) mass is 199 g/mol. The van der Waals surface area contributed by atoms with E-state index in [1.54, 1.807) is 0 Å². The predicted molar refractivity (Wildman–Crippen MR) is 60.8 cm³/mol. The van der Waals surface area contributed by atoms with Crippen LogP contribution in [0.3, 0.4) is 0 Å². The van der Waals surface area contributed by atoms with Crippen molar-refractivity contribution in [3.8, 4) is 0 Å². The Kier molecular flexibility index (Phi) is 4.16. The average molecular weight is 199 g/mol. The van der Waals surface area contributed by atoms with Gasteiger partial charge in [-0.15, -0.1) is 0 Å². The number of primary amides is 1. The normalized spacial score (nSPS) is 16.8. The van der Waals surface area contributed by atoms with Gasteiger partial charge in [-0.3, -0.25) is 4.79 Å². The van der Waals surface area contributed by atoms with Gasteiger partial charge in [0.05, 0.1) is 5.41 Å². The third-order valence-electron chi connectivity index (χ3n) is 4.07. The predicted octanol–water partition coefficient (Wildman–Crippen LogP) is 2.96. The van der Waals surface area contributed by atoms with E-state index in [0.717, 1.165) is 12.8 Å². The molecule has 0 saturated carbocycles. The van der Waals surface area contributed by atoms with Gasteiger partial charge in [-0.05, 0) is 24.2 Å². The molecule has 1 atom stereocenters. The lowest BCUT2D eigenvalue weighted by Gasteiger charge is -2.46. The van der Waals surface area contributed by atoms with Crippen LogP contribution in [0.2, 0.25) is 0 Å². The highest BCUT2D eigenvalue weighted by atomic mass is 16.1. The van der Waals surface area contributed by atoms with Crippen molar-refractivity contribution in [1.29, 1.82) is 0 Å². The standard InChI is InChI=1S/C12H25NO/c1-7-11(5,6)12(8-2,9(3)4)10(13)14/h9H,7-8H2,1-6H3,(H2,13,14). The van der Waals surface area contributed by atoms with Gasteiger partial charge >= 0.3 is 0 Å². The minimum atomic E-state index is -0.373. The Morgan fingerprint density at radius 2 is 1.64 bits per heavy atom. The summed E-state index contributed by atoms with van der Waals surface area (Å²) in [4.78, 5) is 11.7. The van der Waals surface area contributed by atoms with Gasteiger partial charge in [0.15, 0.2) is 0 Å². The van der Waals surface area contributed by atoms with E-state index in [1.807, 2.05) is 0 Å². The topological polar surface area (TPSA) is 43.1 Å². The first-order valence-corrected chi connectivity index (χ1v) is 5.56. The third-order valence-corrected chi connectivity index (χ3v) is 4.07. The van der Waals surface area contributed by atoms with Crippen LogP contribution in [0.25, 0.3) is 0 Å². The van der Waals surface area contributed by atoms with Crippen LogP contribution in [0.1, 0.15) is 54.4 Å². The van der Waals surface area contributed by atoms with Gasteiger partial charge in [0.1, 0.15) is 0 Å². The van der Waals surface area contributed by atoms with Crippen LogP contribution in [0, 0.1) is 16.7 Å². The first-order valence-electron chi connectivity index (χ1n) is 5.56. The molecule has 84 valence electrons. The number of hydrogen-bond donors (Lipinski definition) is 1. The van der Waals surface area contributed by atoms with Crippen molar-refractivity contribution in [3.63, 3.8) is 0 Å². The molecule has 0 radical (unpaired) electrons. The minimum absolute atomic E-state index is 0.0260. The molecular formula is C12H25NO. The molecule has 2 N–H and O–H groups in total. The van der Waals surface area contributed by atoms with E-state index in [-0.39, 0.29) is 16.7 Å². The largest absolute Gasteiger partial charge is 0.369 e. The van der Waals surface area contributed by atoms with Crippen molar-refractivity contribution in [3.05, 3.63) is 0 Å². The summed E-state index contributed by atoms with van der Waals surface area (Å²) in [7, 11) is 0. The van der Waals surface area contributed by atoms with E-state index in [1.165, 1.54) is 0 Å². The molecule has 0 spiro atoms. The lowest BCUT2D eigenvalue weighted by molar-refractivity contribution is -0.140. The minimum Gasteiger partial charge on any atom is -0.369 e. The molecule has 1 amide bonds. The number of rotatable bonds is 5. The van der Waals surface area contributed by atoms with Crippen molar-refractivity contribution in [2.24, 2.45) is 22.5 Å². The zero-order chi connectivity index (χ0) is 11.6. The van der Waals surface area contributed by atoms with Crippen LogP contribution < -0.4 is 5.73 Å². The summed E-state index contributed by atoms with van der Waals surface area (Å²) in [6, 6.07) is 0. The summed E-state index contributed by atoms with van der Waals surface area (Å²) in [6.45, 7) is 12.6. The second-order valence-electron chi connectivity index (χ2n) is 5.08. The second kappa shape index (κ2) is 4.33. The van der Waals surface area contributed by atoms with Gasteiger partial charge in [-0.1, -0.05) is 41.5 Å². The zero-order valence-corrected chi connectivity index (χ0v) is 10.5. The lowest BCUT2D eigenvalue weighted by atomic mass is 9.57. The van der Waals surface area contributed by atoms with Crippen LogP contribution in [-0.4, -0.2) is 5.91 Å². The number of carbonyl (C=O) groups excluding carboxylic acids is 1. The molecule has 0 saturated heterocycles. The summed E-state index contributed by atoms with van der Waals surface area (Å²) in [5.74, 6) is 0.141. The Bertz CT molecular complexity index is 208. The average Bonchev–Trinajstić information content (AvgIpc) is 2.04. The molecule has 0 heterocycles. The van der Waals surface area contributed by atoms with Crippen molar-refractivity contribution in [2.75, 3.05) is 0 Å². The Morgan fingerprint density at radius 3 is 1.71 bits per heavy atom. The smallest absolute Gasteiger partial charge is 0.224 e. The van der Waals surface area contributed by atoms with Crippen LogP contribution in [-0.2, 0) is 4.79 Å². The first-order chi connectivity index (χ1) is 6.26. The van der Waals surface area contributed by atoms with Gasteiger partial charge in [0.2, 0.25) is 5.91 Å². The van der Waals surface area contributed by atoms with E-state index in [4.69, 9.17) is 5.73 Å². The number of amides is 1. The molecule has 0 aromatic rings. The Hall–Kier alpha value is -0.530. The Balaban J connectivity index is 5.36. The molecule has 0 aliphatic carbocycles. The third kappa shape index (κ3) is 1.79. The summed E-state index contributed by atoms with van der Waals surface area (Å²) in [5, 5.41) is 0. The molecule has 0 aromatic carbocycles. The molecule has 0 aliphatic heterocycles. The molecule has 2 heteroatoms. The Morgan fingerprint density at radius 1 is 1.21 bits per heavy atom. The fraction of sp³-hybridized carbons (Fsp3) is 0.917. The van der Waals surface area contributed by atoms with E-state index in [0.29, 0.717) is 5.92 Å². The fourth-order valence-corrected chi connectivity index (χ4v) is 2.78. The van der Waals surface area contributed by atoms with Crippen LogP contribution in [0.4, 0.5) is 0 Å². The molecule has 0 aliphatic rings. The van der Waals surface area contributed by atoms with Crippen LogP contribution >= 0.6 is 0 Å². The highest BCUT2D eigenvalue weighted by Crippen LogP contribution is 2.49.